The predicted molar refractivity (Wildman–Crippen MR) is 55.0 cm³/mol. The van der Waals surface area contributed by atoms with E-state index in [2.05, 4.69) is 36.5 Å². The fourth-order valence-corrected chi connectivity index (χ4v) is 3.18. The van der Waals surface area contributed by atoms with Crippen molar-refractivity contribution in [3.8, 4) is 0 Å². The van der Waals surface area contributed by atoms with E-state index >= 15 is 0 Å². The van der Waals surface area contributed by atoms with E-state index in [4.69, 9.17) is 0 Å². The number of rotatable bonds is 2. The summed E-state index contributed by atoms with van der Waals surface area (Å²) in [5.41, 5.74) is 0. The minimum atomic E-state index is 0.0833. The molecule has 0 spiro atoms. The summed E-state index contributed by atoms with van der Waals surface area (Å²) in [5.74, 6) is 0. The molecular formula is C12H16Ti. The zero-order chi connectivity index (χ0) is 9.52. The monoisotopic (exact) mass is 208 g/mol. The molecule has 0 saturated carbocycles. The van der Waals surface area contributed by atoms with Crippen LogP contribution in [0.5, 0.6) is 0 Å². The predicted octanol–water partition coefficient (Wildman–Crippen LogP) is 3.78. The fourth-order valence-electron chi connectivity index (χ4n) is 1.29. The maximum Gasteiger partial charge on any atom is -0.0683 e. The summed E-state index contributed by atoms with van der Waals surface area (Å²) in [5, 5.41) is 0. The Kier molecular flexibility index (Phi) is 5.11. The summed E-state index contributed by atoms with van der Waals surface area (Å²) < 4.78 is 3.36. The van der Waals surface area contributed by atoms with E-state index in [1.54, 1.807) is 7.76 Å². The van der Waals surface area contributed by atoms with Crippen molar-refractivity contribution in [3.05, 3.63) is 44.2 Å². The van der Waals surface area contributed by atoms with E-state index in [1.165, 1.54) is 12.8 Å². The summed E-state index contributed by atoms with van der Waals surface area (Å²) in [6, 6.07) is 0. The SMILES string of the molecule is C1=CC[C]([Ti][C]2=CC=CC2)=C1.CC. The molecule has 68 valence electrons. The Bertz CT molecular complexity index is 239. The van der Waals surface area contributed by atoms with Gasteiger partial charge >= 0.3 is 76.2 Å². The molecule has 0 aromatic carbocycles. The molecule has 2 aliphatic carbocycles. The van der Waals surface area contributed by atoms with Gasteiger partial charge in [0.15, 0.2) is 0 Å². The van der Waals surface area contributed by atoms with Crippen LogP contribution in [0.25, 0.3) is 0 Å². The molecule has 0 heterocycles. The molecular weight excluding hydrogens is 192 g/mol. The average molecular weight is 208 g/mol. The van der Waals surface area contributed by atoms with Crippen molar-refractivity contribution < 1.29 is 19.2 Å². The number of hydrogen-bond acceptors (Lipinski definition) is 0. The van der Waals surface area contributed by atoms with E-state index in [-0.39, 0.29) is 19.2 Å². The van der Waals surface area contributed by atoms with E-state index < -0.39 is 0 Å². The molecule has 0 aromatic heterocycles. The molecule has 0 unspecified atom stereocenters. The van der Waals surface area contributed by atoms with E-state index in [0.717, 1.165) is 0 Å². The van der Waals surface area contributed by atoms with Crippen LogP contribution in [0.3, 0.4) is 0 Å². The van der Waals surface area contributed by atoms with Crippen LogP contribution in [-0.2, 0) is 19.2 Å². The Hall–Kier alpha value is -0.326. The van der Waals surface area contributed by atoms with Gasteiger partial charge in [-0.15, -0.1) is 0 Å². The van der Waals surface area contributed by atoms with E-state index in [0.29, 0.717) is 0 Å². The standard InChI is InChI=1S/2C5H5.C2H6.Ti/c2*1-2-4-5-3-1;1-2;/h2*1-3H,4H2;1-2H3;. The maximum atomic E-state index is 2.29. The van der Waals surface area contributed by atoms with Crippen LogP contribution in [0.2, 0.25) is 0 Å². The van der Waals surface area contributed by atoms with Gasteiger partial charge < -0.3 is 0 Å². The fraction of sp³-hybridized carbons (Fsp3) is 0.333. The van der Waals surface area contributed by atoms with Gasteiger partial charge in [-0.1, -0.05) is 13.8 Å². The van der Waals surface area contributed by atoms with Crippen LogP contribution in [0.15, 0.2) is 44.2 Å². The van der Waals surface area contributed by atoms with Gasteiger partial charge in [0.05, 0.1) is 0 Å². The first-order chi connectivity index (χ1) is 6.45. The summed E-state index contributed by atoms with van der Waals surface area (Å²) in [6.45, 7) is 4.00. The molecule has 0 saturated heterocycles. The Morgan fingerprint density at radius 1 is 0.923 bits per heavy atom. The molecule has 0 nitrogen and oxygen atoms in total. The second kappa shape index (κ2) is 6.18. The third-order valence-electron chi connectivity index (χ3n) is 1.86. The minimum Gasteiger partial charge on any atom is -0.0683 e. The Morgan fingerprint density at radius 2 is 1.38 bits per heavy atom. The van der Waals surface area contributed by atoms with Crippen molar-refractivity contribution in [3.63, 3.8) is 0 Å². The van der Waals surface area contributed by atoms with E-state index in [9.17, 15) is 0 Å². The largest absolute Gasteiger partial charge is 0.0683 e. The molecule has 2 rings (SSSR count). The zero-order valence-corrected chi connectivity index (χ0v) is 9.94. The van der Waals surface area contributed by atoms with Crippen LogP contribution in [0.4, 0.5) is 0 Å². The topological polar surface area (TPSA) is 0 Å². The first kappa shape index (κ1) is 10.8. The Morgan fingerprint density at radius 3 is 1.69 bits per heavy atom. The van der Waals surface area contributed by atoms with Crippen LogP contribution in [0, 0.1) is 0 Å². The maximum absolute atomic E-state index is 2.29. The van der Waals surface area contributed by atoms with Crippen molar-refractivity contribution in [2.75, 3.05) is 0 Å². The molecule has 2 aliphatic rings. The summed E-state index contributed by atoms with van der Waals surface area (Å²) in [6.07, 6.45) is 15.9. The second-order valence-electron chi connectivity index (χ2n) is 2.77. The van der Waals surface area contributed by atoms with Gasteiger partial charge in [-0.3, -0.25) is 0 Å². The molecule has 13 heavy (non-hydrogen) atoms. The number of allylic oxidation sites excluding steroid dienone is 8. The molecule has 0 fully saturated rings. The molecule has 0 aromatic rings. The third-order valence-corrected chi connectivity index (χ3v) is 4.02. The van der Waals surface area contributed by atoms with Crippen LogP contribution in [-0.4, -0.2) is 0 Å². The van der Waals surface area contributed by atoms with Gasteiger partial charge in [0.25, 0.3) is 0 Å². The summed E-state index contributed by atoms with van der Waals surface area (Å²) >= 11 is 0.0833. The molecule has 0 bridgehead atoms. The first-order valence-electron chi connectivity index (χ1n) is 4.93. The summed E-state index contributed by atoms with van der Waals surface area (Å²) in [7, 11) is 0. The number of hydrogen-bond donors (Lipinski definition) is 0. The summed E-state index contributed by atoms with van der Waals surface area (Å²) in [4.78, 5) is 0. The van der Waals surface area contributed by atoms with Crippen molar-refractivity contribution in [2.24, 2.45) is 0 Å². The van der Waals surface area contributed by atoms with Gasteiger partial charge in [0, 0.05) is 0 Å². The molecule has 0 amide bonds. The molecule has 0 atom stereocenters. The minimum absolute atomic E-state index is 0.0833. The zero-order valence-electron chi connectivity index (χ0n) is 8.38. The van der Waals surface area contributed by atoms with Gasteiger partial charge in [-0.25, -0.2) is 0 Å². The molecule has 0 radical (unpaired) electrons. The van der Waals surface area contributed by atoms with E-state index in [1.807, 2.05) is 13.8 Å². The van der Waals surface area contributed by atoms with Crippen molar-refractivity contribution in [2.45, 2.75) is 26.7 Å². The normalized spacial score (nSPS) is 17.7. The molecule has 0 N–H and O–H groups in total. The molecule has 1 heteroatoms. The molecule has 0 aliphatic heterocycles. The Labute approximate surface area is 90.0 Å². The smallest absolute Gasteiger partial charge is 0.0683 e. The second-order valence-corrected chi connectivity index (χ2v) is 5.17. The van der Waals surface area contributed by atoms with Crippen LogP contribution < -0.4 is 0 Å². The third kappa shape index (κ3) is 3.50. The van der Waals surface area contributed by atoms with Crippen molar-refractivity contribution in [1.82, 2.24) is 0 Å². The average Bonchev–Trinajstić information content (AvgIpc) is 2.81. The van der Waals surface area contributed by atoms with Gasteiger partial charge in [0.1, 0.15) is 0 Å². The van der Waals surface area contributed by atoms with Crippen molar-refractivity contribution in [1.29, 1.82) is 0 Å². The Balaban J connectivity index is 0.000000396. The van der Waals surface area contributed by atoms with Crippen LogP contribution in [0.1, 0.15) is 26.7 Å². The quantitative estimate of drug-likeness (QED) is 0.605. The first-order valence-corrected chi connectivity index (χ1v) is 6.50. The van der Waals surface area contributed by atoms with Crippen molar-refractivity contribution >= 4 is 0 Å². The van der Waals surface area contributed by atoms with Crippen LogP contribution >= 0.6 is 0 Å². The van der Waals surface area contributed by atoms with Gasteiger partial charge in [-0.2, -0.15) is 0 Å². The van der Waals surface area contributed by atoms with Gasteiger partial charge in [-0.05, 0) is 0 Å². The van der Waals surface area contributed by atoms with Gasteiger partial charge in [0.2, 0.25) is 0 Å².